The zero-order valence-corrected chi connectivity index (χ0v) is 20.4. The van der Waals surface area contributed by atoms with E-state index in [1.165, 1.54) is 16.2 Å². The molecule has 6 nitrogen and oxygen atoms in total. The Hall–Kier alpha value is -3.94. The van der Waals surface area contributed by atoms with Crippen molar-refractivity contribution in [2.45, 2.75) is 43.6 Å². The minimum absolute atomic E-state index is 0.0933. The van der Waals surface area contributed by atoms with Gasteiger partial charge in [-0.15, -0.1) is 11.3 Å². The lowest BCUT2D eigenvalue weighted by atomic mass is 9.76. The summed E-state index contributed by atoms with van der Waals surface area (Å²) in [6.07, 6.45) is 1.74. The van der Waals surface area contributed by atoms with E-state index in [-0.39, 0.29) is 17.3 Å². The van der Waals surface area contributed by atoms with E-state index in [4.69, 9.17) is 5.41 Å². The first kappa shape index (κ1) is 22.8. The van der Waals surface area contributed by atoms with Crippen LogP contribution in [-0.4, -0.2) is 23.3 Å². The topological polar surface area (TPSA) is 104 Å². The third kappa shape index (κ3) is 3.69. The second-order valence-corrected chi connectivity index (χ2v) is 10.3. The molecule has 0 bridgehead atoms. The number of guanidine groups is 1. The van der Waals surface area contributed by atoms with Gasteiger partial charge in [0.15, 0.2) is 5.96 Å². The molecular formula is C28H25N5OS. The fraction of sp³-hybridized carbons (Fsp3) is 0.286. The van der Waals surface area contributed by atoms with Crippen molar-refractivity contribution in [3.8, 4) is 23.3 Å². The van der Waals surface area contributed by atoms with E-state index in [1.807, 2.05) is 67.8 Å². The number of nitriles is 2. The molecule has 2 heterocycles. The number of thiophene rings is 1. The van der Waals surface area contributed by atoms with Crippen LogP contribution in [0.3, 0.4) is 0 Å². The van der Waals surface area contributed by atoms with Crippen LogP contribution in [0, 0.1) is 28.1 Å². The summed E-state index contributed by atoms with van der Waals surface area (Å²) in [5.41, 5.74) is 3.15. The molecule has 174 valence electrons. The number of hydrogen-bond donors (Lipinski definition) is 2. The zero-order valence-electron chi connectivity index (χ0n) is 19.6. The highest BCUT2D eigenvalue weighted by Gasteiger charge is 2.50. The first-order valence-corrected chi connectivity index (χ1v) is 12.5. The molecule has 3 aromatic rings. The molecular weight excluding hydrogens is 454 g/mol. The molecule has 1 saturated carbocycles. The summed E-state index contributed by atoms with van der Waals surface area (Å²) in [5, 5.41) is 32.7. The second kappa shape index (κ2) is 8.37. The van der Waals surface area contributed by atoms with Crippen LogP contribution in [0.4, 0.5) is 0 Å². The van der Waals surface area contributed by atoms with Gasteiger partial charge in [-0.05, 0) is 72.5 Å². The van der Waals surface area contributed by atoms with E-state index in [1.54, 1.807) is 6.07 Å². The molecule has 5 rings (SSSR count). The number of hydrogen-bond acceptors (Lipinski definition) is 5. The molecule has 2 aromatic carbocycles. The molecule has 2 aliphatic rings. The molecule has 1 amide bonds. The van der Waals surface area contributed by atoms with Crippen LogP contribution in [-0.2, 0) is 15.7 Å². The van der Waals surface area contributed by atoms with Gasteiger partial charge < -0.3 is 5.32 Å². The number of carbonyl (C=O) groups is 1. The summed E-state index contributed by atoms with van der Waals surface area (Å²) in [6, 6.07) is 22.0. The number of rotatable bonds is 5. The maximum Gasteiger partial charge on any atom is 0.239 e. The highest BCUT2D eigenvalue weighted by molar-refractivity contribution is 7.10. The van der Waals surface area contributed by atoms with Gasteiger partial charge in [-0.1, -0.05) is 36.4 Å². The molecule has 35 heavy (non-hydrogen) atoms. The van der Waals surface area contributed by atoms with Gasteiger partial charge in [0.2, 0.25) is 5.91 Å². The molecule has 1 aliphatic heterocycles. The number of amides is 1. The fourth-order valence-electron chi connectivity index (χ4n) is 5.01. The predicted molar refractivity (Wildman–Crippen MR) is 136 cm³/mol. The molecule has 2 atom stereocenters. The van der Waals surface area contributed by atoms with Gasteiger partial charge in [0.1, 0.15) is 0 Å². The average molecular weight is 480 g/mol. The van der Waals surface area contributed by atoms with Crippen LogP contribution in [0.15, 0.2) is 60.0 Å². The largest absolute Gasteiger partial charge is 0.345 e. The average Bonchev–Trinajstić information content (AvgIpc) is 3.50. The molecule has 7 heteroatoms. The van der Waals surface area contributed by atoms with Crippen LogP contribution in [0.1, 0.15) is 54.2 Å². The van der Waals surface area contributed by atoms with Crippen molar-refractivity contribution in [2.24, 2.45) is 0 Å². The van der Waals surface area contributed by atoms with E-state index in [0.717, 1.165) is 40.0 Å². The molecule has 1 aromatic heterocycles. The third-order valence-corrected chi connectivity index (χ3v) is 8.42. The summed E-state index contributed by atoms with van der Waals surface area (Å²) >= 11 is 1.54. The first-order valence-electron chi connectivity index (χ1n) is 11.6. The Morgan fingerprint density at radius 1 is 1.14 bits per heavy atom. The monoisotopic (exact) mass is 479 g/mol. The minimum atomic E-state index is -0.830. The van der Waals surface area contributed by atoms with Crippen LogP contribution in [0.25, 0.3) is 11.1 Å². The SMILES string of the molecule is CCN1C(=N)N[C@](C)(c2cc(-c3cccc(C#N)c3)cs2)[C@@H](c2ccc(C3(C#N)CC3)cc2)C1=O. The van der Waals surface area contributed by atoms with Crippen LogP contribution >= 0.6 is 11.3 Å². The van der Waals surface area contributed by atoms with Crippen LogP contribution in [0.2, 0.25) is 0 Å². The lowest BCUT2D eigenvalue weighted by molar-refractivity contribution is -0.132. The van der Waals surface area contributed by atoms with Crippen molar-refractivity contribution in [3.63, 3.8) is 0 Å². The summed E-state index contributed by atoms with van der Waals surface area (Å²) in [6.45, 7) is 4.25. The predicted octanol–water partition coefficient (Wildman–Crippen LogP) is 5.23. The van der Waals surface area contributed by atoms with Crippen molar-refractivity contribution in [3.05, 3.63) is 81.5 Å². The molecule has 2 N–H and O–H groups in total. The van der Waals surface area contributed by atoms with Crippen LogP contribution < -0.4 is 5.32 Å². The van der Waals surface area contributed by atoms with Gasteiger partial charge in [-0.3, -0.25) is 15.1 Å². The Balaban J connectivity index is 1.57. The van der Waals surface area contributed by atoms with E-state index in [2.05, 4.69) is 17.5 Å². The Kier molecular flexibility index (Phi) is 5.46. The molecule has 0 spiro atoms. The first-order chi connectivity index (χ1) is 16.8. The molecule has 0 radical (unpaired) electrons. The number of nitrogens with one attached hydrogen (secondary N) is 2. The lowest BCUT2D eigenvalue weighted by Gasteiger charge is -2.46. The fourth-order valence-corrected chi connectivity index (χ4v) is 6.07. The standard InChI is InChI=1S/C28H25N5OS/c1-3-33-25(34)24(19-7-9-22(10-8-19)28(17-30)11-12-28)27(2,32-26(33)31)23-14-21(16-35-23)20-6-4-5-18(13-20)15-29/h4-10,13-14,16,24H,3,11-12H2,1-2H3,(H2,31,32)/t24-,27+/m0/s1. The summed E-state index contributed by atoms with van der Waals surface area (Å²) < 4.78 is 0. The lowest BCUT2D eigenvalue weighted by Crippen LogP contribution is -2.63. The summed E-state index contributed by atoms with van der Waals surface area (Å²) in [7, 11) is 0. The van der Waals surface area contributed by atoms with Crippen LogP contribution in [0.5, 0.6) is 0 Å². The zero-order chi connectivity index (χ0) is 24.8. The smallest absolute Gasteiger partial charge is 0.239 e. The summed E-state index contributed by atoms with van der Waals surface area (Å²) in [4.78, 5) is 16.1. The van der Waals surface area contributed by atoms with Crippen molar-refractivity contribution >= 4 is 23.2 Å². The Morgan fingerprint density at radius 2 is 1.89 bits per heavy atom. The Labute approximate surface area is 208 Å². The molecule has 1 aliphatic carbocycles. The molecule has 1 saturated heterocycles. The van der Waals surface area contributed by atoms with Crippen molar-refractivity contribution in [2.75, 3.05) is 6.54 Å². The van der Waals surface area contributed by atoms with E-state index < -0.39 is 11.5 Å². The van der Waals surface area contributed by atoms with Crippen molar-refractivity contribution in [1.29, 1.82) is 15.9 Å². The number of likely N-dealkylation sites (N-methyl/N-ethyl adjacent to an activating group) is 1. The third-order valence-electron chi connectivity index (χ3n) is 7.25. The van der Waals surface area contributed by atoms with E-state index in [9.17, 15) is 15.3 Å². The Morgan fingerprint density at radius 3 is 2.51 bits per heavy atom. The van der Waals surface area contributed by atoms with Gasteiger partial charge in [0, 0.05) is 11.4 Å². The highest BCUT2D eigenvalue weighted by Crippen LogP contribution is 2.49. The number of carbonyl (C=O) groups excluding carboxylic acids is 1. The van der Waals surface area contributed by atoms with E-state index in [0.29, 0.717) is 12.1 Å². The second-order valence-electron chi connectivity index (χ2n) is 9.40. The van der Waals surface area contributed by atoms with Gasteiger partial charge in [0.05, 0.1) is 34.6 Å². The van der Waals surface area contributed by atoms with Gasteiger partial charge in [-0.25, -0.2) is 0 Å². The van der Waals surface area contributed by atoms with Gasteiger partial charge >= 0.3 is 0 Å². The van der Waals surface area contributed by atoms with E-state index >= 15 is 0 Å². The number of benzene rings is 2. The molecule has 0 unspecified atom stereocenters. The van der Waals surface area contributed by atoms with Crippen molar-refractivity contribution in [1.82, 2.24) is 10.2 Å². The maximum absolute atomic E-state index is 13.7. The normalized spacial score (nSPS) is 22.7. The minimum Gasteiger partial charge on any atom is -0.345 e. The van der Waals surface area contributed by atoms with Gasteiger partial charge in [-0.2, -0.15) is 10.5 Å². The Bertz CT molecular complexity index is 1410. The van der Waals surface area contributed by atoms with Crippen molar-refractivity contribution < 1.29 is 4.79 Å². The maximum atomic E-state index is 13.7. The molecule has 2 fully saturated rings. The summed E-state index contributed by atoms with van der Waals surface area (Å²) in [5.74, 6) is -0.565. The highest BCUT2D eigenvalue weighted by atomic mass is 32.1. The number of nitrogens with zero attached hydrogens (tertiary/aromatic N) is 3. The van der Waals surface area contributed by atoms with Gasteiger partial charge in [0.25, 0.3) is 0 Å². The quantitative estimate of drug-likeness (QED) is 0.523.